The van der Waals surface area contributed by atoms with Gasteiger partial charge in [-0.05, 0) is 13.0 Å². The highest BCUT2D eigenvalue weighted by molar-refractivity contribution is 5.98. The Bertz CT molecular complexity index is 625. The minimum atomic E-state index is -0.756. The summed E-state index contributed by atoms with van der Waals surface area (Å²) in [5, 5.41) is 17.9. The van der Waals surface area contributed by atoms with Crippen LogP contribution in [0.15, 0.2) is 29.5 Å². The highest BCUT2D eigenvalue weighted by atomic mass is 16.5. The molecule has 1 atom stereocenters. The Morgan fingerprint density at radius 3 is 2.76 bits per heavy atom. The molecule has 2 rings (SSSR count). The molecule has 4 N–H and O–H groups in total. The summed E-state index contributed by atoms with van der Waals surface area (Å²) in [6, 6.07) is 3.71. The molecule has 0 bridgehead atoms. The second-order valence-electron chi connectivity index (χ2n) is 4.55. The number of hydrogen-bond donors (Lipinski definition) is 4. The van der Waals surface area contributed by atoms with E-state index in [4.69, 9.17) is 4.74 Å². The van der Waals surface area contributed by atoms with Gasteiger partial charge >= 0.3 is 6.03 Å². The molecule has 0 radical (unpaired) electrons. The van der Waals surface area contributed by atoms with Gasteiger partial charge < -0.3 is 25.8 Å². The molecule has 7 heteroatoms. The van der Waals surface area contributed by atoms with E-state index in [1.54, 1.807) is 25.1 Å². The Hall–Kier alpha value is -2.70. The van der Waals surface area contributed by atoms with Gasteiger partial charge in [-0.1, -0.05) is 12.1 Å². The largest absolute Gasteiger partial charge is 0.504 e. The van der Waals surface area contributed by atoms with Crippen LogP contribution >= 0.6 is 0 Å². The smallest absolute Gasteiger partial charge is 0.319 e. The van der Waals surface area contributed by atoms with Gasteiger partial charge in [0, 0.05) is 18.3 Å². The molecule has 7 nitrogen and oxygen atoms in total. The first-order valence-corrected chi connectivity index (χ1v) is 6.35. The number of methoxy groups -OCH3 is 1. The summed E-state index contributed by atoms with van der Waals surface area (Å²) in [5.41, 5.74) is 1.16. The van der Waals surface area contributed by atoms with Gasteiger partial charge in [-0.2, -0.15) is 0 Å². The minimum Gasteiger partial charge on any atom is -0.504 e. The summed E-state index contributed by atoms with van der Waals surface area (Å²) in [6.07, 6.45) is 0. The number of aromatic hydroxyl groups is 1. The summed E-state index contributed by atoms with van der Waals surface area (Å²) < 4.78 is 5.06. The standard InChI is InChI=1S/C14H17N3O4/c1-7-10(13(19)15-2)11(17-14(20)16-7)8-5-4-6-9(21-3)12(8)18/h4-6,11,18H,1-3H3,(H,15,19)(H2,16,17,20). The van der Waals surface area contributed by atoms with Crippen LogP contribution < -0.4 is 20.7 Å². The number of para-hydroxylation sites is 1. The van der Waals surface area contributed by atoms with Crippen molar-refractivity contribution in [3.05, 3.63) is 35.0 Å². The van der Waals surface area contributed by atoms with E-state index in [2.05, 4.69) is 16.0 Å². The fourth-order valence-corrected chi connectivity index (χ4v) is 2.30. The second kappa shape index (κ2) is 5.74. The summed E-state index contributed by atoms with van der Waals surface area (Å²) in [7, 11) is 2.93. The summed E-state index contributed by atoms with van der Waals surface area (Å²) in [6.45, 7) is 1.63. The van der Waals surface area contributed by atoms with Gasteiger partial charge in [0.1, 0.15) is 0 Å². The zero-order valence-corrected chi connectivity index (χ0v) is 12.0. The van der Waals surface area contributed by atoms with Crippen LogP contribution in [-0.4, -0.2) is 31.2 Å². The zero-order chi connectivity index (χ0) is 15.6. The minimum absolute atomic E-state index is 0.110. The number of urea groups is 1. The first-order valence-electron chi connectivity index (χ1n) is 6.35. The highest BCUT2D eigenvalue weighted by Crippen LogP contribution is 2.37. The first kappa shape index (κ1) is 14.7. The van der Waals surface area contributed by atoms with E-state index in [0.29, 0.717) is 16.8 Å². The summed E-state index contributed by atoms with van der Waals surface area (Å²) >= 11 is 0. The number of nitrogens with one attached hydrogen (secondary N) is 3. The molecule has 0 aliphatic carbocycles. The summed E-state index contributed by atoms with van der Waals surface area (Å²) in [5.74, 6) is -0.178. The monoisotopic (exact) mass is 291 g/mol. The second-order valence-corrected chi connectivity index (χ2v) is 4.55. The van der Waals surface area contributed by atoms with Crippen molar-refractivity contribution in [3.63, 3.8) is 0 Å². The highest BCUT2D eigenvalue weighted by Gasteiger charge is 2.32. The Balaban J connectivity index is 2.57. The lowest BCUT2D eigenvalue weighted by Gasteiger charge is -2.29. The Labute approximate surface area is 122 Å². The van der Waals surface area contributed by atoms with Crippen molar-refractivity contribution >= 4 is 11.9 Å². The predicted molar refractivity (Wildman–Crippen MR) is 75.8 cm³/mol. The maximum Gasteiger partial charge on any atom is 0.319 e. The quantitative estimate of drug-likeness (QED) is 0.661. The lowest BCUT2D eigenvalue weighted by molar-refractivity contribution is -0.117. The van der Waals surface area contributed by atoms with Crippen molar-refractivity contribution in [1.82, 2.24) is 16.0 Å². The van der Waals surface area contributed by atoms with E-state index in [9.17, 15) is 14.7 Å². The molecule has 1 aliphatic rings. The Morgan fingerprint density at radius 2 is 2.14 bits per heavy atom. The average molecular weight is 291 g/mol. The zero-order valence-electron chi connectivity index (χ0n) is 12.0. The molecular formula is C14H17N3O4. The fourth-order valence-electron chi connectivity index (χ4n) is 2.30. The van der Waals surface area contributed by atoms with Crippen LogP contribution in [0.5, 0.6) is 11.5 Å². The number of amides is 3. The number of phenols is 1. The van der Waals surface area contributed by atoms with Crippen molar-refractivity contribution in [3.8, 4) is 11.5 Å². The number of allylic oxidation sites excluding steroid dienone is 1. The normalized spacial score (nSPS) is 17.9. The molecule has 0 saturated carbocycles. The molecule has 0 spiro atoms. The lowest BCUT2D eigenvalue weighted by Crippen LogP contribution is -2.46. The van der Waals surface area contributed by atoms with E-state index in [1.807, 2.05) is 0 Å². The summed E-state index contributed by atoms with van der Waals surface area (Å²) in [4.78, 5) is 23.7. The molecule has 1 unspecified atom stereocenters. The van der Waals surface area contributed by atoms with E-state index in [0.717, 1.165) is 0 Å². The van der Waals surface area contributed by atoms with Gasteiger partial charge in [0.25, 0.3) is 5.91 Å². The van der Waals surface area contributed by atoms with Crippen LogP contribution in [-0.2, 0) is 4.79 Å². The molecule has 0 fully saturated rings. The van der Waals surface area contributed by atoms with Crippen molar-refractivity contribution < 1.29 is 19.4 Å². The number of hydrogen-bond acceptors (Lipinski definition) is 4. The number of likely N-dealkylation sites (N-methyl/N-ethyl adjacent to an activating group) is 1. The van der Waals surface area contributed by atoms with Crippen molar-refractivity contribution in [1.29, 1.82) is 0 Å². The molecule has 0 saturated heterocycles. The van der Waals surface area contributed by atoms with Crippen LogP contribution in [0, 0.1) is 0 Å². The van der Waals surface area contributed by atoms with E-state index >= 15 is 0 Å². The SMILES string of the molecule is CNC(=O)C1=C(C)NC(=O)NC1c1cccc(OC)c1O. The third-order valence-corrected chi connectivity index (χ3v) is 3.30. The van der Waals surface area contributed by atoms with Crippen molar-refractivity contribution in [2.45, 2.75) is 13.0 Å². The van der Waals surface area contributed by atoms with Gasteiger partial charge in [0.05, 0.1) is 18.7 Å². The molecular weight excluding hydrogens is 274 g/mol. The number of phenolic OH excluding ortho intramolecular Hbond substituents is 1. The third kappa shape index (κ3) is 2.62. The Morgan fingerprint density at radius 1 is 1.43 bits per heavy atom. The van der Waals surface area contributed by atoms with E-state index in [1.165, 1.54) is 14.2 Å². The number of ether oxygens (including phenoxy) is 1. The van der Waals surface area contributed by atoms with Crippen molar-refractivity contribution in [2.75, 3.05) is 14.2 Å². The van der Waals surface area contributed by atoms with E-state index < -0.39 is 12.1 Å². The lowest BCUT2D eigenvalue weighted by atomic mass is 9.94. The van der Waals surface area contributed by atoms with Gasteiger partial charge in [-0.3, -0.25) is 4.79 Å². The van der Waals surface area contributed by atoms with Crippen LogP contribution in [0.3, 0.4) is 0 Å². The van der Waals surface area contributed by atoms with Crippen LogP contribution in [0.4, 0.5) is 4.79 Å². The molecule has 0 aromatic heterocycles. The van der Waals surface area contributed by atoms with Crippen LogP contribution in [0.2, 0.25) is 0 Å². The number of carbonyl (C=O) groups is 2. The van der Waals surface area contributed by atoms with Gasteiger partial charge in [0.15, 0.2) is 11.5 Å². The van der Waals surface area contributed by atoms with Crippen LogP contribution in [0.1, 0.15) is 18.5 Å². The third-order valence-electron chi connectivity index (χ3n) is 3.30. The first-order chi connectivity index (χ1) is 9.99. The molecule has 1 aliphatic heterocycles. The van der Waals surface area contributed by atoms with Crippen molar-refractivity contribution in [2.24, 2.45) is 0 Å². The van der Waals surface area contributed by atoms with Gasteiger partial charge in [-0.25, -0.2) is 4.79 Å². The number of carbonyl (C=O) groups excluding carboxylic acids is 2. The molecule has 112 valence electrons. The molecule has 21 heavy (non-hydrogen) atoms. The topological polar surface area (TPSA) is 99.7 Å². The molecule has 1 aromatic carbocycles. The maximum atomic E-state index is 12.1. The fraction of sp³-hybridized carbons (Fsp3) is 0.286. The van der Waals surface area contributed by atoms with Gasteiger partial charge in [0.2, 0.25) is 0 Å². The van der Waals surface area contributed by atoms with Crippen LogP contribution in [0.25, 0.3) is 0 Å². The Kier molecular flexibility index (Phi) is 4.02. The molecule has 3 amide bonds. The number of benzene rings is 1. The van der Waals surface area contributed by atoms with Gasteiger partial charge in [-0.15, -0.1) is 0 Å². The maximum absolute atomic E-state index is 12.1. The molecule has 1 aromatic rings. The average Bonchev–Trinajstić information content (AvgIpc) is 2.46. The predicted octanol–water partition coefficient (Wildman–Crippen LogP) is 0.775. The number of rotatable bonds is 3. The van der Waals surface area contributed by atoms with E-state index in [-0.39, 0.29) is 17.4 Å². The molecule has 1 heterocycles.